The van der Waals surface area contributed by atoms with E-state index in [1.54, 1.807) is 55.3 Å². The Hall–Kier alpha value is -13.0. The third kappa shape index (κ3) is 20.5. The predicted octanol–water partition coefficient (Wildman–Crippen LogP) is 21.8. The smallest absolute Gasteiger partial charge is 0.333 e. The van der Waals surface area contributed by atoms with E-state index in [9.17, 15) is 36.7 Å². The molecule has 13 aromatic rings. The van der Waals surface area contributed by atoms with Crippen molar-refractivity contribution in [1.82, 2.24) is 60.0 Å². The maximum absolute atomic E-state index is 15.6. The molecule has 9 heterocycles. The molecule has 4 aliphatic heterocycles. The number of alkyl halides is 4. The number of furan rings is 1. The summed E-state index contributed by atoms with van der Waals surface area (Å²) in [5.74, 6) is -6.70. The summed E-state index contributed by atoms with van der Waals surface area (Å²) < 4.78 is 125. The first-order chi connectivity index (χ1) is 62.4. The van der Waals surface area contributed by atoms with Crippen LogP contribution in [-0.4, -0.2) is 165 Å². The summed E-state index contributed by atoms with van der Waals surface area (Å²) in [5, 5.41) is 64.8. The van der Waals surface area contributed by atoms with Crippen molar-refractivity contribution in [2.24, 2.45) is 5.92 Å². The average molecular weight is 1790 g/mol. The molecule has 5 aliphatic rings. The standard InChI is InChI=1S/C29H26F5N3O3.C25H25F2N3O2.C24H26FN3O2.C24H27N3O2/c1-15-8-20-19-11-17(18-12-35-37(13-18)28(32)33)5-6-23(19)40-27(20)26(36(15)14-29(2,3)34)25-21(30)9-16(10-22(25)31)4-7-24(38)39;1-14-10-18-17(7-8-22-19(18)13-28-29-22)25(30(14)16-4-2-3-5-16)24-20(26)11-15(12-21(24)27)6-9-23(31)32;1-15-12-19-18(9-10-21-20(19)13-26-27-21)23(28(15)14-24(2,3)25)17-7-4-16(5-8-17)6-11-22(29)30;1-15(2)14-27-16(3)12-20-19(9-10-22-21(20)13-25-26-22)24(27)18-7-4-17(5-8-18)6-11-23(28)29/h4-7,9-13,15,26,28H,8,14H2,1-3H3,(H,38,39);6-9,11-14,16,25H,2-5,10H2,1H3,(H,28,29)(H,31,32);4-11,13,15,23H,12,14H2,1-3H3,(H,26,27)(H,29,30);4-11,13,15-16,24H,12,14H2,1-3H3,(H,25,26)(H,28,29)/b7-4+;9-6+;2*11-6+. The van der Waals surface area contributed by atoms with Gasteiger partial charge in [0.05, 0.1) is 59.5 Å². The van der Waals surface area contributed by atoms with E-state index in [1.165, 1.54) is 83.7 Å². The first-order valence-electron chi connectivity index (χ1n) is 43.9. The number of carboxylic acid groups (broad SMARTS) is 4. The fourth-order valence-corrected chi connectivity index (χ4v) is 19.8. The minimum absolute atomic E-state index is 0.0150. The van der Waals surface area contributed by atoms with E-state index in [0.717, 1.165) is 143 Å². The van der Waals surface area contributed by atoms with E-state index in [0.29, 0.717) is 57.3 Å². The number of aromatic nitrogens is 8. The molecule has 0 bridgehead atoms. The van der Waals surface area contributed by atoms with Gasteiger partial charge in [-0.2, -0.15) is 29.2 Å². The van der Waals surface area contributed by atoms with Crippen LogP contribution >= 0.6 is 0 Å². The number of carbonyl (C=O) groups is 4. The molecule has 0 spiro atoms. The van der Waals surface area contributed by atoms with Crippen LogP contribution in [0.15, 0.2) is 187 Å². The Bertz CT molecular complexity index is 6480. The van der Waals surface area contributed by atoms with Crippen molar-refractivity contribution in [3.8, 4) is 11.1 Å². The lowest BCUT2D eigenvalue weighted by molar-refractivity contribution is -0.132. The molecule has 29 heteroatoms. The molecular weight excluding hydrogens is 1690 g/mol. The summed E-state index contributed by atoms with van der Waals surface area (Å²) in [7, 11) is 0. The summed E-state index contributed by atoms with van der Waals surface area (Å²) in [6.45, 7) is 17.3. The molecule has 0 saturated heterocycles. The van der Waals surface area contributed by atoms with Crippen LogP contribution in [0.25, 0.3) is 79.1 Å². The van der Waals surface area contributed by atoms with Gasteiger partial charge in [0, 0.05) is 124 Å². The molecule has 1 saturated carbocycles. The number of aromatic amines is 3. The lowest BCUT2D eigenvalue weighted by atomic mass is 9.81. The SMILES string of the molecule is CC(C)CN1C(C)Cc2c(ccc3[nH]ncc23)C1c1ccc(/C=C/C(=O)O)cc1.CC1Cc2c(ccc3[nH]ncc23)C(c2c(F)cc(/C=C/C(=O)O)cc2F)N1C1CCCC1.CC1Cc2c(ccc3[nH]ncc23)C(c2ccc(/C=C/C(=O)O)cc2)N1CC(C)(C)F.CC1Cc2c(oc3ccc(-c4cnn(C(F)F)c4)cc23)C(c2c(F)cc(/C=C/C(=O)O)cc2F)N1CC(C)(C)F. The zero-order valence-corrected chi connectivity index (χ0v) is 74.1. The van der Waals surface area contributed by atoms with Gasteiger partial charge in [-0.05, 0) is 251 Å². The number of nitrogens with one attached hydrogen (secondary N) is 3. The van der Waals surface area contributed by atoms with Crippen LogP contribution in [0.3, 0.4) is 0 Å². The van der Waals surface area contributed by atoms with Crippen molar-refractivity contribution in [3.05, 3.63) is 295 Å². The van der Waals surface area contributed by atoms with Crippen LogP contribution in [0.5, 0.6) is 0 Å². The number of hydrogen-bond acceptors (Lipinski definition) is 13. The quantitative estimate of drug-likeness (QED) is 0.0260. The highest BCUT2D eigenvalue weighted by Crippen LogP contribution is 2.50. The number of aliphatic carboxylic acids is 4. The van der Waals surface area contributed by atoms with E-state index < -0.39 is 77.1 Å². The van der Waals surface area contributed by atoms with Gasteiger partial charge in [0.2, 0.25) is 0 Å². The summed E-state index contributed by atoms with van der Waals surface area (Å²) in [5.41, 5.74) is 13.1. The van der Waals surface area contributed by atoms with E-state index in [2.05, 4.69) is 115 Å². The zero-order valence-electron chi connectivity index (χ0n) is 74.1. The molecule has 8 unspecified atom stereocenters. The minimum Gasteiger partial charge on any atom is -0.478 e. The number of H-pyrrole nitrogens is 3. The fourth-order valence-electron chi connectivity index (χ4n) is 19.8. The predicted molar refractivity (Wildman–Crippen MR) is 489 cm³/mol. The molecule has 0 radical (unpaired) electrons. The number of rotatable bonds is 21. The third-order valence-electron chi connectivity index (χ3n) is 25.3. The molecule has 1 fully saturated rings. The normalized spacial score (nSPS) is 19.9. The topological polar surface area (TPSA) is 279 Å². The first-order valence-corrected chi connectivity index (χ1v) is 43.9. The van der Waals surface area contributed by atoms with Gasteiger partial charge in [-0.3, -0.25) is 34.9 Å². The second kappa shape index (κ2) is 38.6. The molecule has 1 aliphatic carbocycles. The van der Waals surface area contributed by atoms with Gasteiger partial charge in [-0.25, -0.2) is 50.2 Å². The van der Waals surface area contributed by atoms with Crippen LogP contribution in [0.2, 0.25) is 0 Å². The number of fused-ring (bicyclic) bond motifs is 12. The van der Waals surface area contributed by atoms with E-state index in [-0.39, 0.29) is 70.8 Å². The lowest BCUT2D eigenvalue weighted by Crippen LogP contribution is -2.48. The monoisotopic (exact) mass is 1790 g/mol. The number of carboxylic acids is 4. The Kier molecular flexibility index (Phi) is 27.3. The minimum atomic E-state index is -2.79. The van der Waals surface area contributed by atoms with Crippen molar-refractivity contribution in [1.29, 1.82) is 0 Å². The number of hydrogen-bond donors (Lipinski definition) is 7. The summed E-state index contributed by atoms with van der Waals surface area (Å²) in [4.78, 5) is 52.1. The molecule has 18 rings (SSSR count). The van der Waals surface area contributed by atoms with Gasteiger partial charge in [0.25, 0.3) is 0 Å². The Labute approximate surface area is 751 Å². The molecule has 0 amide bonds. The highest BCUT2D eigenvalue weighted by atomic mass is 19.3. The van der Waals surface area contributed by atoms with Crippen LogP contribution < -0.4 is 0 Å². The average Bonchev–Trinajstić information content (AvgIpc) is 1.68. The Morgan fingerprint density at radius 2 is 0.855 bits per heavy atom. The maximum atomic E-state index is 15.6. The van der Waals surface area contributed by atoms with Gasteiger partial charge >= 0.3 is 30.4 Å². The van der Waals surface area contributed by atoms with Crippen molar-refractivity contribution in [2.75, 3.05) is 19.6 Å². The van der Waals surface area contributed by atoms with Gasteiger partial charge in [-0.15, -0.1) is 0 Å². The number of nitrogens with zero attached hydrogens (tertiary/aromatic N) is 9. The Morgan fingerprint density at radius 1 is 0.466 bits per heavy atom. The van der Waals surface area contributed by atoms with Crippen LogP contribution in [-0.2, 0) is 44.9 Å². The van der Waals surface area contributed by atoms with Gasteiger partial charge in [0.1, 0.15) is 52.0 Å². The van der Waals surface area contributed by atoms with Crippen molar-refractivity contribution in [3.63, 3.8) is 0 Å². The number of halogens is 8. The molecule has 21 nitrogen and oxygen atoms in total. The van der Waals surface area contributed by atoms with Crippen molar-refractivity contribution in [2.45, 2.75) is 193 Å². The van der Waals surface area contributed by atoms with Crippen molar-refractivity contribution < 1.29 is 79.1 Å². The molecule has 5 aromatic heterocycles. The largest absolute Gasteiger partial charge is 0.478 e. The van der Waals surface area contributed by atoms with Crippen LogP contribution in [0.4, 0.5) is 35.1 Å². The first kappa shape index (κ1) is 92.7. The highest BCUT2D eigenvalue weighted by molar-refractivity contribution is 5.91. The fraction of sp³-hybridized carbons (Fsp3) is 0.333. The number of benzene rings is 8. The summed E-state index contributed by atoms with van der Waals surface area (Å²) in [6, 6.07) is 37.1. The van der Waals surface area contributed by atoms with Crippen LogP contribution in [0, 0.1) is 29.2 Å². The third-order valence-corrected chi connectivity index (χ3v) is 25.3. The molecular formula is C102H104F8N12O9. The summed E-state index contributed by atoms with van der Waals surface area (Å²) in [6.07, 6.45) is 24.9. The van der Waals surface area contributed by atoms with E-state index in [4.69, 9.17) is 24.8 Å². The Morgan fingerprint density at radius 3 is 1.27 bits per heavy atom. The second-order valence-corrected chi connectivity index (χ2v) is 36.4. The molecule has 7 N–H and O–H groups in total. The molecule has 8 atom stereocenters. The Balaban J connectivity index is 0.000000135. The van der Waals surface area contributed by atoms with Gasteiger partial charge in [0.15, 0.2) is 0 Å². The molecule has 131 heavy (non-hydrogen) atoms. The van der Waals surface area contributed by atoms with Gasteiger partial charge < -0.3 is 24.8 Å². The van der Waals surface area contributed by atoms with Crippen molar-refractivity contribution >= 4 is 91.9 Å². The van der Waals surface area contributed by atoms with E-state index >= 15 is 17.6 Å². The maximum Gasteiger partial charge on any atom is 0.333 e. The van der Waals surface area contributed by atoms with Gasteiger partial charge in [-0.1, -0.05) is 99.5 Å². The van der Waals surface area contributed by atoms with E-state index in [1.807, 2.05) is 73.9 Å². The highest BCUT2D eigenvalue weighted by Gasteiger charge is 2.46. The lowest BCUT2D eigenvalue weighted by Gasteiger charge is -2.46. The summed E-state index contributed by atoms with van der Waals surface area (Å²) >= 11 is 0. The van der Waals surface area contributed by atoms with Crippen LogP contribution in [0.1, 0.15) is 215 Å². The zero-order chi connectivity index (χ0) is 93.3. The second-order valence-electron chi connectivity index (χ2n) is 36.4. The molecule has 682 valence electrons. The molecule has 8 aromatic carbocycles.